The van der Waals surface area contributed by atoms with E-state index >= 15 is 0 Å². The van der Waals surface area contributed by atoms with E-state index in [0.717, 1.165) is 69.8 Å². The van der Waals surface area contributed by atoms with E-state index in [2.05, 4.69) is 47.4 Å². The molecule has 6 bridgehead atoms. The van der Waals surface area contributed by atoms with E-state index in [1.54, 1.807) is 0 Å². The molecule has 2 N–H and O–H groups in total. The second-order valence-corrected chi connectivity index (χ2v) is 16.6. The van der Waals surface area contributed by atoms with Crippen molar-refractivity contribution in [2.75, 3.05) is 6.61 Å². The van der Waals surface area contributed by atoms with Crippen LogP contribution in [0, 0.1) is 23.7 Å². The van der Waals surface area contributed by atoms with Gasteiger partial charge in [-0.05, 0) is 67.4 Å². The summed E-state index contributed by atoms with van der Waals surface area (Å²) in [4.78, 5) is 0. The van der Waals surface area contributed by atoms with Gasteiger partial charge in [0, 0.05) is 31.6 Å². The molecule has 8 fully saturated rings. The minimum absolute atomic E-state index is 0.0248. The smallest absolute Gasteiger partial charge is 0.172 e. The number of hydrogen-bond acceptors (Lipinski definition) is 9. The van der Waals surface area contributed by atoms with Crippen LogP contribution in [0.3, 0.4) is 0 Å². The van der Waals surface area contributed by atoms with Gasteiger partial charge >= 0.3 is 0 Å². The van der Waals surface area contributed by atoms with E-state index in [9.17, 15) is 10.2 Å². The molecule has 9 nitrogen and oxygen atoms in total. The first-order chi connectivity index (χ1) is 23.5. The lowest BCUT2D eigenvalue weighted by Gasteiger charge is -2.42. The van der Waals surface area contributed by atoms with Gasteiger partial charge in [-0.25, -0.2) is 0 Å². The first-order valence-corrected chi connectivity index (χ1v) is 19.4. The van der Waals surface area contributed by atoms with Gasteiger partial charge in [0.25, 0.3) is 0 Å². The van der Waals surface area contributed by atoms with Gasteiger partial charge in [0.05, 0.1) is 67.6 Å². The summed E-state index contributed by atoms with van der Waals surface area (Å²) in [5.74, 6) is 0.644. The van der Waals surface area contributed by atoms with Crippen molar-refractivity contribution in [3.63, 3.8) is 0 Å². The van der Waals surface area contributed by atoms with Gasteiger partial charge in [-0.15, -0.1) is 6.58 Å². The van der Waals surface area contributed by atoms with Crippen LogP contribution in [-0.2, 0) is 33.2 Å². The molecule has 8 saturated heterocycles. The SMILES string of the molecule is C=CC[C@@H]1O[C@H]2[C@H]3O[C@]4(CC[C@H]5CC(=C)C(CC[C@H]6C[C@@H](C)C(=C)[C@@H](CC7O[C@H](C[C@H](O)CO)[C@H](C)[C@H]7CC)O6)O5)C[C@H]3O[C@H]2[C@@H](O4)C1C. The third kappa shape index (κ3) is 7.03. The predicted molar refractivity (Wildman–Crippen MR) is 185 cm³/mol. The van der Waals surface area contributed by atoms with E-state index in [1.165, 1.54) is 5.57 Å². The Labute approximate surface area is 293 Å². The predicted octanol–water partition coefficient (Wildman–Crippen LogP) is 5.80. The molecular weight excluding hydrogens is 624 g/mol. The molecule has 8 rings (SSSR count). The molecule has 0 aromatic carbocycles. The molecule has 0 spiro atoms. The van der Waals surface area contributed by atoms with E-state index in [-0.39, 0.29) is 85.8 Å². The lowest BCUT2D eigenvalue weighted by molar-refractivity contribution is -0.262. The molecule has 0 radical (unpaired) electrons. The van der Waals surface area contributed by atoms with Crippen molar-refractivity contribution in [2.45, 2.75) is 183 Å². The van der Waals surface area contributed by atoms with Gasteiger partial charge in [0.15, 0.2) is 5.79 Å². The van der Waals surface area contributed by atoms with Crippen molar-refractivity contribution in [1.82, 2.24) is 0 Å². The number of rotatable bonds is 14. The molecule has 0 saturated carbocycles. The van der Waals surface area contributed by atoms with Crippen molar-refractivity contribution in [3.8, 4) is 0 Å². The van der Waals surface area contributed by atoms with Crippen molar-refractivity contribution in [1.29, 1.82) is 0 Å². The van der Waals surface area contributed by atoms with Crippen LogP contribution in [0.25, 0.3) is 0 Å². The van der Waals surface area contributed by atoms with Gasteiger partial charge in [0.1, 0.15) is 18.3 Å². The monoisotopic (exact) mass is 686 g/mol. The van der Waals surface area contributed by atoms with E-state index in [0.29, 0.717) is 24.2 Å². The molecule has 276 valence electrons. The molecule has 8 heterocycles. The van der Waals surface area contributed by atoms with Crippen molar-refractivity contribution >= 4 is 0 Å². The molecule has 18 atom stereocenters. The van der Waals surface area contributed by atoms with Gasteiger partial charge in [-0.1, -0.05) is 53.3 Å². The molecular formula is C40H62O9. The zero-order chi connectivity index (χ0) is 34.6. The van der Waals surface area contributed by atoms with Gasteiger partial charge in [0.2, 0.25) is 0 Å². The lowest BCUT2D eigenvalue weighted by atomic mass is 9.80. The first kappa shape index (κ1) is 36.2. The van der Waals surface area contributed by atoms with Crippen molar-refractivity contribution < 1.29 is 43.4 Å². The van der Waals surface area contributed by atoms with Crippen molar-refractivity contribution in [3.05, 3.63) is 37.0 Å². The standard InChI is InChI=1S/C40H62O9/c1-8-10-31-25(7)36-38-39(46-31)37-35(47-38)19-40(48-36,49-37)14-13-28-16-22(4)30(43-28)12-11-27-15-21(3)23(5)33(44-27)18-34-29(9-2)24(6)32(45-34)17-26(42)20-41/h8,21,24-39,41-42H,1,4-5,9-20H2,2-3,6-7H3/t21-,24-,25?,26+,27+,28+,29-,30?,31+,32-,33-,34?,35-,36+,37+,38+,39+,40-/m1/s1. The fourth-order valence-corrected chi connectivity index (χ4v) is 10.4. The van der Waals surface area contributed by atoms with E-state index < -0.39 is 11.9 Å². The number of ether oxygens (including phenoxy) is 7. The summed E-state index contributed by atoms with van der Waals surface area (Å²) in [6.07, 6.45) is 10.3. The molecule has 8 aliphatic rings. The van der Waals surface area contributed by atoms with Crippen molar-refractivity contribution in [2.24, 2.45) is 23.7 Å². The fourth-order valence-electron chi connectivity index (χ4n) is 10.4. The third-order valence-electron chi connectivity index (χ3n) is 13.4. The lowest BCUT2D eigenvalue weighted by Crippen LogP contribution is -2.54. The van der Waals surface area contributed by atoms with Gasteiger partial charge in [-0.2, -0.15) is 0 Å². The molecule has 0 amide bonds. The molecule has 0 aliphatic carbocycles. The van der Waals surface area contributed by atoms with E-state index in [1.807, 2.05) is 6.08 Å². The molecule has 9 heteroatoms. The van der Waals surface area contributed by atoms with Gasteiger partial charge < -0.3 is 43.4 Å². The van der Waals surface area contributed by atoms with Crippen LogP contribution in [0.4, 0.5) is 0 Å². The van der Waals surface area contributed by atoms with Crippen LogP contribution in [0.1, 0.15) is 98.3 Å². The summed E-state index contributed by atoms with van der Waals surface area (Å²) >= 11 is 0. The highest BCUT2D eigenvalue weighted by molar-refractivity contribution is 5.14. The summed E-state index contributed by atoms with van der Waals surface area (Å²) in [5, 5.41) is 19.5. The topological polar surface area (TPSA) is 105 Å². The Morgan fingerprint density at radius 1 is 0.857 bits per heavy atom. The maximum absolute atomic E-state index is 10.1. The zero-order valence-corrected chi connectivity index (χ0v) is 30.3. The minimum Gasteiger partial charge on any atom is -0.394 e. The molecule has 8 aliphatic heterocycles. The second kappa shape index (κ2) is 14.7. The van der Waals surface area contributed by atoms with Crippen LogP contribution < -0.4 is 0 Å². The molecule has 0 aromatic rings. The highest BCUT2D eigenvalue weighted by atomic mass is 16.8. The Balaban J connectivity index is 0.908. The zero-order valence-electron chi connectivity index (χ0n) is 30.3. The van der Waals surface area contributed by atoms with Crippen LogP contribution >= 0.6 is 0 Å². The number of aliphatic hydroxyl groups excluding tert-OH is 2. The fraction of sp³-hybridized carbons (Fsp3) is 0.850. The Bertz CT molecular complexity index is 1210. The second-order valence-electron chi connectivity index (χ2n) is 16.6. The third-order valence-corrected chi connectivity index (χ3v) is 13.4. The van der Waals surface area contributed by atoms with Gasteiger partial charge in [-0.3, -0.25) is 0 Å². The quantitative estimate of drug-likeness (QED) is 0.219. The highest BCUT2D eigenvalue weighted by Gasteiger charge is 2.67. The normalized spacial score (nSPS) is 49.5. The largest absolute Gasteiger partial charge is 0.394 e. The Morgan fingerprint density at radius 2 is 1.61 bits per heavy atom. The number of aliphatic hydroxyl groups is 2. The molecule has 49 heavy (non-hydrogen) atoms. The summed E-state index contributed by atoms with van der Waals surface area (Å²) in [5.41, 5.74) is 2.33. The van der Waals surface area contributed by atoms with Crippen LogP contribution in [0.2, 0.25) is 0 Å². The highest BCUT2D eigenvalue weighted by Crippen LogP contribution is 2.54. The van der Waals surface area contributed by atoms with Crippen LogP contribution in [-0.4, -0.2) is 102 Å². The Hall–Kier alpha value is -1.14. The maximum atomic E-state index is 10.1. The average molecular weight is 687 g/mol. The summed E-state index contributed by atoms with van der Waals surface area (Å²) < 4.78 is 46.5. The molecule has 0 aromatic heterocycles. The summed E-state index contributed by atoms with van der Waals surface area (Å²) in [6.45, 7) is 21.5. The van der Waals surface area contributed by atoms with Crippen LogP contribution in [0.15, 0.2) is 37.0 Å². The van der Waals surface area contributed by atoms with E-state index in [4.69, 9.17) is 33.2 Å². The average Bonchev–Trinajstić information content (AvgIpc) is 3.74. The van der Waals surface area contributed by atoms with Crippen LogP contribution in [0.5, 0.6) is 0 Å². The first-order valence-electron chi connectivity index (χ1n) is 19.4. The Kier molecular flexibility index (Phi) is 10.9. The molecule has 3 unspecified atom stereocenters. The minimum atomic E-state index is -0.747. The summed E-state index contributed by atoms with van der Waals surface area (Å²) in [6, 6.07) is 0. The number of hydrogen-bond donors (Lipinski definition) is 2. The maximum Gasteiger partial charge on any atom is 0.172 e. The Morgan fingerprint density at radius 3 is 2.37 bits per heavy atom. The summed E-state index contributed by atoms with van der Waals surface area (Å²) in [7, 11) is 0.